The van der Waals surface area contributed by atoms with Gasteiger partial charge >= 0.3 is 0 Å². The molecule has 0 saturated heterocycles. The van der Waals surface area contributed by atoms with E-state index in [0.717, 1.165) is 5.56 Å². The fourth-order valence-corrected chi connectivity index (χ4v) is 1.70. The molecule has 0 radical (unpaired) electrons. The summed E-state index contributed by atoms with van der Waals surface area (Å²) in [5.74, 6) is 0.488. The van der Waals surface area contributed by atoms with Crippen LogP contribution in [0.3, 0.4) is 0 Å². The van der Waals surface area contributed by atoms with Crippen molar-refractivity contribution in [2.45, 2.75) is 13.5 Å². The molecule has 0 spiro atoms. The fourth-order valence-electron chi connectivity index (χ4n) is 1.70. The third-order valence-corrected chi connectivity index (χ3v) is 2.96. The number of benzene rings is 1. The summed E-state index contributed by atoms with van der Waals surface area (Å²) < 4.78 is 1.55. The van der Waals surface area contributed by atoms with Gasteiger partial charge in [0, 0.05) is 24.7 Å². The van der Waals surface area contributed by atoms with Crippen LogP contribution in [0.2, 0.25) is 0 Å². The van der Waals surface area contributed by atoms with Crippen molar-refractivity contribution < 1.29 is 9.90 Å². The van der Waals surface area contributed by atoms with Crippen LogP contribution in [0.5, 0.6) is 5.75 Å². The zero-order valence-corrected chi connectivity index (χ0v) is 10.8. The number of nitrogens with two attached hydrogens (primary N) is 1. The summed E-state index contributed by atoms with van der Waals surface area (Å²) in [5.41, 5.74) is 7.72. The minimum Gasteiger partial charge on any atom is -0.508 e. The monoisotopic (exact) mass is 260 g/mol. The van der Waals surface area contributed by atoms with E-state index >= 15 is 0 Å². The number of amides is 1. The highest BCUT2D eigenvalue weighted by molar-refractivity contribution is 5.94. The van der Waals surface area contributed by atoms with Crippen molar-refractivity contribution in [3.63, 3.8) is 0 Å². The number of aryl methyl sites for hydroxylation is 2. The molecular weight excluding hydrogens is 244 g/mol. The Kier molecular flexibility index (Phi) is 3.41. The minimum absolute atomic E-state index is 0.174. The quantitative estimate of drug-likeness (QED) is 0.765. The van der Waals surface area contributed by atoms with E-state index < -0.39 is 0 Å². The van der Waals surface area contributed by atoms with Gasteiger partial charge in [-0.1, -0.05) is 0 Å². The molecule has 1 amide bonds. The molecule has 1 aromatic carbocycles. The van der Waals surface area contributed by atoms with Crippen LogP contribution in [0.25, 0.3) is 0 Å². The van der Waals surface area contributed by atoms with Gasteiger partial charge in [0.25, 0.3) is 5.91 Å². The first-order chi connectivity index (χ1) is 8.99. The van der Waals surface area contributed by atoms with Crippen LogP contribution in [0.1, 0.15) is 21.5 Å². The first-order valence-corrected chi connectivity index (χ1v) is 5.83. The molecule has 2 aromatic rings. The molecule has 1 aromatic heterocycles. The summed E-state index contributed by atoms with van der Waals surface area (Å²) in [5, 5.41) is 16.2. The van der Waals surface area contributed by atoms with Gasteiger partial charge in [0.2, 0.25) is 0 Å². The average Bonchev–Trinajstić information content (AvgIpc) is 2.70. The number of aromatic hydroxyl groups is 1. The zero-order valence-electron chi connectivity index (χ0n) is 10.8. The van der Waals surface area contributed by atoms with Gasteiger partial charge in [0.1, 0.15) is 11.6 Å². The molecule has 0 aliphatic heterocycles. The zero-order chi connectivity index (χ0) is 14.0. The normalized spacial score (nSPS) is 10.4. The second-order valence-corrected chi connectivity index (χ2v) is 4.36. The molecule has 4 N–H and O–H groups in total. The number of nitrogen functional groups attached to an aromatic ring is 1. The van der Waals surface area contributed by atoms with Crippen LogP contribution < -0.4 is 11.1 Å². The van der Waals surface area contributed by atoms with Gasteiger partial charge in [-0.25, -0.2) is 0 Å². The first-order valence-electron chi connectivity index (χ1n) is 5.83. The maximum Gasteiger partial charge on any atom is 0.251 e. The van der Waals surface area contributed by atoms with Gasteiger partial charge in [-0.2, -0.15) is 5.10 Å². The number of aromatic nitrogens is 2. The molecule has 0 unspecified atom stereocenters. The molecule has 0 bridgehead atoms. The van der Waals surface area contributed by atoms with Crippen LogP contribution in [-0.2, 0) is 13.6 Å². The third kappa shape index (κ3) is 2.67. The molecule has 0 aliphatic rings. The largest absolute Gasteiger partial charge is 0.508 e. The summed E-state index contributed by atoms with van der Waals surface area (Å²) in [4.78, 5) is 11.9. The Labute approximate surface area is 110 Å². The summed E-state index contributed by atoms with van der Waals surface area (Å²) in [6.45, 7) is 2.06. The van der Waals surface area contributed by atoms with E-state index in [1.165, 1.54) is 6.07 Å². The van der Waals surface area contributed by atoms with Crippen LogP contribution in [0.15, 0.2) is 24.4 Å². The van der Waals surface area contributed by atoms with Crippen molar-refractivity contribution >= 4 is 11.7 Å². The lowest BCUT2D eigenvalue weighted by Crippen LogP contribution is -2.23. The van der Waals surface area contributed by atoms with Crippen LogP contribution in [-0.4, -0.2) is 20.8 Å². The van der Waals surface area contributed by atoms with Crippen molar-refractivity contribution in [3.05, 3.63) is 41.1 Å². The smallest absolute Gasteiger partial charge is 0.251 e. The maximum absolute atomic E-state index is 11.9. The Morgan fingerprint density at radius 2 is 2.26 bits per heavy atom. The second-order valence-electron chi connectivity index (χ2n) is 4.36. The number of phenolic OH excluding ortho intramolecular Hbond substituents is 1. The van der Waals surface area contributed by atoms with Crippen LogP contribution >= 0.6 is 0 Å². The molecule has 6 heteroatoms. The van der Waals surface area contributed by atoms with Gasteiger partial charge in [-0.05, 0) is 30.7 Å². The number of nitrogens with zero attached hydrogens (tertiary/aromatic N) is 2. The average molecular weight is 260 g/mol. The van der Waals surface area contributed by atoms with E-state index in [0.29, 0.717) is 23.5 Å². The van der Waals surface area contributed by atoms with Gasteiger partial charge in [-0.3, -0.25) is 9.48 Å². The first kappa shape index (κ1) is 12.9. The van der Waals surface area contributed by atoms with E-state index in [2.05, 4.69) is 10.4 Å². The maximum atomic E-state index is 11.9. The third-order valence-electron chi connectivity index (χ3n) is 2.96. The van der Waals surface area contributed by atoms with Gasteiger partial charge in [0.15, 0.2) is 0 Å². The highest BCUT2D eigenvalue weighted by Gasteiger charge is 2.09. The van der Waals surface area contributed by atoms with E-state index in [4.69, 9.17) is 5.73 Å². The highest BCUT2D eigenvalue weighted by atomic mass is 16.3. The number of phenols is 1. The molecule has 0 atom stereocenters. The van der Waals surface area contributed by atoms with E-state index in [-0.39, 0.29) is 11.7 Å². The number of hydrogen-bond acceptors (Lipinski definition) is 4. The lowest BCUT2D eigenvalue weighted by molar-refractivity contribution is 0.0951. The van der Waals surface area contributed by atoms with Gasteiger partial charge in [-0.15, -0.1) is 0 Å². The van der Waals surface area contributed by atoms with Crippen LogP contribution in [0.4, 0.5) is 5.82 Å². The predicted octanol–water partition coefficient (Wildman–Crippen LogP) is 0.946. The lowest BCUT2D eigenvalue weighted by atomic mass is 10.1. The summed E-state index contributed by atoms with van der Waals surface area (Å²) in [6.07, 6.45) is 1.62. The van der Waals surface area contributed by atoms with Crippen LogP contribution in [0, 0.1) is 6.92 Å². The lowest BCUT2D eigenvalue weighted by Gasteiger charge is -2.06. The summed E-state index contributed by atoms with van der Waals surface area (Å²) in [6, 6.07) is 4.71. The number of hydrogen-bond donors (Lipinski definition) is 3. The van der Waals surface area contributed by atoms with Crippen molar-refractivity contribution in [1.82, 2.24) is 15.1 Å². The Balaban J connectivity index is 2.05. The molecule has 0 aliphatic carbocycles. The Morgan fingerprint density at radius 3 is 2.84 bits per heavy atom. The van der Waals surface area contributed by atoms with Crippen molar-refractivity contribution in [1.29, 1.82) is 0 Å². The highest BCUT2D eigenvalue weighted by Crippen LogP contribution is 2.17. The summed E-state index contributed by atoms with van der Waals surface area (Å²) in [7, 11) is 1.74. The van der Waals surface area contributed by atoms with E-state index in [1.807, 2.05) is 0 Å². The van der Waals surface area contributed by atoms with Gasteiger partial charge in [0.05, 0.1) is 6.20 Å². The van der Waals surface area contributed by atoms with E-state index in [9.17, 15) is 9.90 Å². The minimum atomic E-state index is -0.216. The topological polar surface area (TPSA) is 93.2 Å². The molecule has 19 heavy (non-hydrogen) atoms. The SMILES string of the molecule is Cc1cc(C(=O)NCc2cnn(C)c2N)ccc1O. The van der Waals surface area contributed by atoms with Crippen molar-refractivity contribution in [2.75, 3.05) is 5.73 Å². The number of anilines is 1. The molecule has 1 heterocycles. The molecule has 6 nitrogen and oxygen atoms in total. The van der Waals surface area contributed by atoms with Crippen molar-refractivity contribution in [3.8, 4) is 5.75 Å². The molecule has 0 fully saturated rings. The number of carbonyl (C=O) groups excluding carboxylic acids is 1. The number of rotatable bonds is 3. The molecule has 100 valence electrons. The van der Waals surface area contributed by atoms with Crippen molar-refractivity contribution in [2.24, 2.45) is 7.05 Å². The Bertz CT molecular complexity index is 619. The number of carbonyl (C=O) groups is 1. The predicted molar refractivity (Wildman–Crippen MR) is 71.6 cm³/mol. The fraction of sp³-hybridized carbons (Fsp3) is 0.231. The Morgan fingerprint density at radius 1 is 1.53 bits per heavy atom. The number of nitrogens with one attached hydrogen (secondary N) is 1. The standard InChI is InChI=1S/C13H16N4O2/c1-8-5-9(3-4-11(8)18)13(19)15-6-10-7-16-17(2)12(10)14/h3-5,7,18H,6,14H2,1-2H3,(H,15,19). The Hall–Kier alpha value is -2.50. The second kappa shape index (κ2) is 5.01. The molecule has 0 saturated carbocycles. The molecule has 2 rings (SSSR count). The summed E-state index contributed by atoms with van der Waals surface area (Å²) >= 11 is 0. The van der Waals surface area contributed by atoms with E-state index in [1.54, 1.807) is 37.0 Å². The molecular formula is C13H16N4O2. The van der Waals surface area contributed by atoms with Gasteiger partial charge < -0.3 is 16.2 Å².